The predicted octanol–water partition coefficient (Wildman–Crippen LogP) is 3.80. The molecule has 1 heterocycles. The van der Waals surface area contributed by atoms with Gasteiger partial charge in [0.25, 0.3) is 0 Å². The number of hydrogen-bond acceptors (Lipinski definition) is 5. The number of hydrogen-bond donors (Lipinski definition) is 1. The van der Waals surface area contributed by atoms with Gasteiger partial charge in [-0.3, -0.25) is 10.2 Å². The molecule has 112 valence electrons. The second kappa shape index (κ2) is 6.12. The van der Waals surface area contributed by atoms with Crippen molar-refractivity contribution in [2.75, 3.05) is 5.75 Å². The summed E-state index contributed by atoms with van der Waals surface area (Å²) in [5.41, 5.74) is 3.74. The molecule has 1 aromatic rings. The van der Waals surface area contributed by atoms with Gasteiger partial charge in [0, 0.05) is 16.3 Å². The Bertz CT molecular complexity index is 621. The molecule has 0 radical (unpaired) electrons. The number of halogens is 1. The normalized spacial score (nSPS) is 15.2. The highest BCUT2D eigenvalue weighted by Crippen LogP contribution is 2.29. The predicted molar refractivity (Wildman–Crippen MR) is 87.8 cm³/mol. The highest BCUT2D eigenvalue weighted by Gasteiger charge is 2.25. The van der Waals surface area contributed by atoms with E-state index in [0.29, 0.717) is 22.1 Å². The van der Waals surface area contributed by atoms with Crippen LogP contribution in [0.25, 0.3) is 0 Å². The minimum Gasteiger partial charge on any atom is -0.425 e. The van der Waals surface area contributed by atoms with Crippen LogP contribution in [0.5, 0.6) is 5.75 Å². The van der Waals surface area contributed by atoms with Crippen LogP contribution in [0, 0.1) is 5.41 Å². The fourth-order valence-corrected chi connectivity index (χ4v) is 2.37. The van der Waals surface area contributed by atoms with Crippen LogP contribution in [0.1, 0.15) is 26.3 Å². The Balaban J connectivity index is 2.34. The zero-order chi connectivity index (χ0) is 15.6. The van der Waals surface area contributed by atoms with E-state index in [1.807, 2.05) is 20.8 Å². The average molecular weight is 325 g/mol. The van der Waals surface area contributed by atoms with Crippen molar-refractivity contribution in [2.45, 2.75) is 20.8 Å². The fraction of sp³-hybridized carbons (Fsp3) is 0.333. The van der Waals surface area contributed by atoms with Crippen molar-refractivity contribution in [1.29, 1.82) is 0 Å². The van der Waals surface area contributed by atoms with E-state index in [1.54, 1.807) is 30.0 Å². The molecule has 1 aliphatic rings. The monoisotopic (exact) mass is 324 g/mol. The average Bonchev–Trinajstić information content (AvgIpc) is 2.40. The quantitative estimate of drug-likeness (QED) is 0.664. The van der Waals surface area contributed by atoms with Crippen molar-refractivity contribution >= 4 is 35.0 Å². The summed E-state index contributed by atoms with van der Waals surface area (Å²) in [6.07, 6.45) is 0. The highest BCUT2D eigenvalue weighted by atomic mass is 35.5. The summed E-state index contributed by atoms with van der Waals surface area (Å²) in [6, 6.07) is 5.14. The number of esters is 1. The van der Waals surface area contributed by atoms with E-state index in [4.69, 9.17) is 16.3 Å². The highest BCUT2D eigenvalue weighted by molar-refractivity contribution is 8.03. The van der Waals surface area contributed by atoms with Crippen LogP contribution in [0.3, 0.4) is 0 Å². The lowest BCUT2D eigenvalue weighted by Gasteiger charge is -2.20. The van der Waals surface area contributed by atoms with Crippen LogP contribution in [-0.4, -0.2) is 17.4 Å². The first-order valence-electron chi connectivity index (χ1n) is 6.44. The number of benzene rings is 1. The second-order valence-corrected chi connectivity index (χ2v) is 7.17. The van der Waals surface area contributed by atoms with Gasteiger partial charge in [-0.2, -0.15) is 5.10 Å². The van der Waals surface area contributed by atoms with Crippen LogP contribution in [0.15, 0.2) is 34.9 Å². The maximum absolute atomic E-state index is 12.1. The Morgan fingerprint density at radius 1 is 1.48 bits per heavy atom. The number of thioether (sulfide) groups is 1. The Labute approximate surface area is 133 Å². The molecule has 1 aliphatic heterocycles. The zero-order valence-electron chi connectivity index (χ0n) is 12.2. The zero-order valence-corrected chi connectivity index (χ0v) is 13.8. The standard InChI is InChI=1S/C15H17ClN2O2S/c1-9-17-18-12(8-21-9)11-7-10(16)5-6-13(11)20-14(19)15(2,3)4/h5-7,17H,1,8H2,2-4H3. The maximum Gasteiger partial charge on any atom is 0.316 e. The molecule has 0 unspecified atom stereocenters. The van der Waals surface area contributed by atoms with E-state index < -0.39 is 5.41 Å². The van der Waals surface area contributed by atoms with Crippen molar-refractivity contribution in [2.24, 2.45) is 10.5 Å². The molecule has 1 N–H and O–H groups in total. The van der Waals surface area contributed by atoms with E-state index in [-0.39, 0.29) is 5.97 Å². The molecule has 0 spiro atoms. The molecule has 2 rings (SSSR count). The summed E-state index contributed by atoms with van der Waals surface area (Å²) in [7, 11) is 0. The molecule has 0 bridgehead atoms. The number of ether oxygens (including phenoxy) is 1. The van der Waals surface area contributed by atoms with Gasteiger partial charge in [-0.15, -0.1) is 11.8 Å². The Morgan fingerprint density at radius 3 is 2.76 bits per heavy atom. The van der Waals surface area contributed by atoms with Gasteiger partial charge in [-0.05, 0) is 39.0 Å². The maximum atomic E-state index is 12.1. The van der Waals surface area contributed by atoms with Gasteiger partial charge in [-0.25, -0.2) is 0 Å². The first-order valence-corrected chi connectivity index (χ1v) is 7.80. The number of carbonyl (C=O) groups excluding carboxylic acids is 1. The van der Waals surface area contributed by atoms with Crippen LogP contribution < -0.4 is 10.2 Å². The van der Waals surface area contributed by atoms with Crippen molar-refractivity contribution in [3.8, 4) is 5.75 Å². The first-order chi connectivity index (χ1) is 9.77. The molecule has 0 saturated heterocycles. The number of nitrogens with one attached hydrogen (secondary N) is 1. The molecule has 0 atom stereocenters. The molecule has 0 aromatic heterocycles. The van der Waals surface area contributed by atoms with Gasteiger partial charge in [0.2, 0.25) is 0 Å². The third kappa shape index (κ3) is 4.02. The molecule has 0 fully saturated rings. The van der Waals surface area contributed by atoms with E-state index in [0.717, 1.165) is 10.7 Å². The number of nitrogens with zero attached hydrogens (tertiary/aromatic N) is 1. The third-order valence-electron chi connectivity index (χ3n) is 2.77. The lowest BCUT2D eigenvalue weighted by molar-refractivity contribution is -0.143. The summed E-state index contributed by atoms with van der Waals surface area (Å²) in [4.78, 5) is 12.1. The summed E-state index contributed by atoms with van der Waals surface area (Å²) < 4.78 is 5.51. The number of carbonyl (C=O) groups is 1. The molecule has 0 aliphatic carbocycles. The molecule has 6 heteroatoms. The Morgan fingerprint density at radius 2 is 2.19 bits per heavy atom. The SMILES string of the molecule is C=C1NN=C(c2cc(Cl)ccc2OC(=O)C(C)(C)C)CS1. The second-order valence-electron chi connectivity index (χ2n) is 5.66. The van der Waals surface area contributed by atoms with Gasteiger partial charge in [-0.1, -0.05) is 18.2 Å². The van der Waals surface area contributed by atoms with Crippen molar-refractivity contribution in [3.05, 3.63) is 40.4 Å². The summed E-state index contributed by atoms with van der Waals surface area (Å²) in [5, 5.41) is 5.60. The van der Waals surface area contributed by atoms with E-state index >= 15 is 0 Å². The summed E-state index contributed by atoms with van der Waals surface area (Å²) >= 11 is 7.59. The van der Waals surface area contributed by atoms with Crippen molar-refractivity contribution in [1.82, 2.24) is 5.43 Å². The van der Waals surface area contributed by atoms with E-state index in [9.17, 15) is 4.79 Å². The summed E-state index contributed by atoms with van der Waals surface area (Å²) in [5.74, 6) is 0.812. The number of hydrazone groups is 1. The summed E-state index contributed by atoms with van der Waals surface area (Å²) in [6.45, 7) is 9.23. The van der Waals surface area contributed by atoms with Gasteiger partial charge in [0.05, 0.1) is 16.2 Å². The van der Waals surface area contributed by atoms with Crippen LogP contribution in [-0.2, 0) is 4.79 Å². The third-order valence-corrected chi connectivity index (χ3v) is 3.86. The van der Waals surface area contributed by atoms with Gasteiger partial charge in [0.15, 0.2) is 0 Å². The van der Waals surface area contributed by atoms with Gasteiger partial charge < -0.3 is 4.74 Å². The van der Waals surface area contributed by atoms with E-state index in [2.05, 4.69) is 17.1 Å². The smallest absolute Gasteiger partial charge is 0.316 e. The minimum absolute atomic E-state index is 0.299. The lowest BCUT2D eigenvalue weighted by atomic mass is 9.97. The first kappa shape index (κ1) is 15.9. The fourth-order valence-electron chi connectivity index (χ4n) is 1.56. The van der Waals surface area contributed by atoms with E-state index in [1.165, 1.54) is 0 Å². The van der Waals surface area contributed by atoms with Crippen molar-refractivity contribution < 1.29 is 9.53 Å². The topological polar surface area (TPSA) is 50.7 Å². The van der Waals surface area contributed by atoms with Crippen molar-refractivity contribution in [3.63, 3.8) is 0 Å². The van der Waals surface area contributed by atoms with Gasteiger partial charge in [0.1, 0.15) is 5.75 Å². The molecule has 4 nitrogen and oxygen atoms in total. The number of rotatable bonds is 2. The molecule has 1 aromatic carbocycles. The lowest BCUT2D eigenvalue weighted by Crippen LogP contribution is -2.27. The minimum atomic E-state index is -0.577. The van der Waals surface area contributed by atoms with Crippen LogP contribution >= 0.6 is 23.4 Å². The molecule has 21 heavy (non-hydrogen) atoms. The van der Waals surface area contributed by atoms with Crippen LogP contribution in [0.4, 0.5) is 0 Å². The largest absolute Gasteiger partial charge is 0.425 e. The molecular weight excluding hydrogens is 308 g/mol. The molecule has 0 saturated carbocycles. The molecule has 0 amide bonds. The van der Waals surface area contributed by atoms with Gasteiger partial charge >= 0.3 is 5.97 Å². The van der Waals surface area contributed by atoms with Crippen LogP contribution in [0.2, 0.25) is 5.02 Å². The molecular formula is C15H17ClN2O2S. The Hall–Kier alpha value is -1.46. The Kier molecular flexibility index (Phi) is 4.64.